The van der Waals surface area contributed by atoms with Crippen LogP contribution in [0.2, 0.25) is 0 Å². The molecular formula is C14H21NO3. The summed E-state index contributed by atoms with van der Waals surface area (Å²) in [5.74, 6) is 0.648. The molecule has 100 valence electrons. The van der Waals surface area contributed by atoms with Crippen LogP contribution in [0.3, 0.4) is 0 Å². The number of benzene rings is 1. The van der Waals surface area contributed by atoms with E-state index in [1.165, 1.54) is 7.11 Å². The molecule has 0 spiro atoms. The third kappa shape index (κ3) is 4.04. The van der Waals surface area contributed by atoms with Gasteiger partial charge in [0.15, 0.2) is 0 Å². The van der Waals surface area contributed by atoms with Crippen molar-refractivity contribution in [2.75, 3.05) is 13.7 Å². The number of methoxy groups -OCH3 is 1. The summed E-state index contributed by atoms with van der Waals surface area (Å²) in [6.45, 7) is 4.59. The molecule has 18 heavy (non-hydrogen) atoms. The molecule has 0 fully saturated rings. The summed E-state index contributed by atoms with van der Waals surface area (Å²) in [7, 11) is 1.38. The first-order valence-electron chi connectivity index (χ1n) is 6.14. The fourth-order valence-corrected chi connectivity index (χ4v) is 1.76. The Bertz CT molecular complexity index is 404. The van der Waals surface area contributed by atoms with Gasteiger partial charge < -0.3 is 15.2 Å². The first-order valence-corrected chi connectivity index (χ1v) is 6.14. The molecule has 1 rings (SSSR count). The Kier molecular flexibility index (Phi) is 5.65. The van der Waals surface area contributed by atoms with Gasteiger partial charge in [0, 0.05) is 12.5 Å². The second kappa shape index (κ2) is 7.01. The monoisotopic (exact) mass is 251 g/mol. The minimum absolute atomic E-state index is 0.154. The highest BCUT2D eigenvalue weighted by atomic mass is 16.5. The first-order chi connectivity index (χ1) is 8.58. The molecule has 0 aliphatic heterocycles. The summed E-state index contributed by atoms with van der Waals surface area (Å²) < 4.78 is 10.1. The average molecular weight is 251 g/mol. The maximum atomic E-state index is 11.1. The molecular weight excluding hydrogens is 230 g/mol. The highest BCUT2D eigenvalue weighted by molar-refractivity contribution is 5.69. The SMILES string of the molecule is CCOc1ccc(C(N)CCC(=O)OC)cc1C. The third-order valence-corrected chi connectivity index (χ3v) is 2.81. The molecule has 0 saturated heterocycles. The maximum Gasteiger partial charge on any atom is 0.305 e. The maximum absolute atomic E-state index is 11.1. The zero-order valence-electron chi connectivity index (χ0n) is 11.2. The molecule has 0 heterocycles. The van der Waals surface area contributed by atoms with E-state index in [2.05, 4.69) is 4.74 Å². The highest BCUT2D eigenvalue weighted by Crippen LogP contribution is 2.24. The topological polar surface area (TPSA) is 61.5 Å². The second-order valence-electron chi connectivity index (χ2n) is 4.18. The Morgan fingerprint density at radius 1 is 1.44 bits per heavy atom. The van der Waals surface area contributed by atoms with Gasteiger partial charge in [-0.25, -0.2) is 0 Å². The van der Waals surface area contributed by atoms with Crippen LogP contribution >= 0.6 is 0 Å². The molecule has 4 heteroatoms. The van der Waals surface area contributed by atoms with Gasteiger partial charge in [-0.1, -0.05) is 12.1 Å². The first kappa shape index (κ1) is 14.5. The summed E-state index contributed by atoms with van der Waals surface area (Å²) >= 11 is 0. The largest absolute Gasteiger partial charge is 0.494 e. The molecule has 1 atom stereocenters. The predicted octanol–water partition coefficient (Wildman–Crippen LogP) is 2.35. The van der Waals surface area contributed by atoms with Crippen molar-refractivity contribution in [3.8, 4) is 5.75 Å². The van der Waals surface area contributed by atoms with Crippen molar-refractivity contribution in [3.05, 3.63) is 29.3 Å². The molecule has 0 aliphatic rings. The van der Waals surface area contributed by atoms with Crippen molar-refractivity contribution in [2.24, 2.45) is 5.73 Å². The summed E-state index contributed by atoms with van der Waals surface area (Å²) in [5.41, 5.74) is 8.11. The lowest BCUT2D eigenvalue weighted by Crippen LogP contribution is -2.13. The summed E-state index contributed by atoms with van der Waals surface area (Å²) in [6.07, 6.45) is 0.921. The van der Waals surface area contributed by atoms with E-state index in [0.29, 0.717) is 19.4 Å². The number of esters is 1. The van der Waals surface area contributed by atoms with Gasteiger partial charge in [0.25, 0.3) is 0 Å². The van der Waals surface area contributed by atoms with Crippen molar-refractivity contribution in [2.45, 2.75) is 32.7 Å². The molecule has 0 aliphatic carbocycles. The standard InChI is InChI=1S/C14H21NO3/c1-4-18-13-7-5-11(9-10(13)2)12(15)6-8-14(16)17-3/h5,7,9,12H,4,6,8,15H2,1-3H3. The second-order valence-corrected chi connectivity index (χ2v) is 4.18. The molecule has 1 unspecified atom stereocenters. The Morgan fingerprint density at radius 2 is 2.17 bits per heavy atom. The number of carbonyl (C=O) groups excluding carboxylic acids is 1. The molecule has 1 aromatic rings. The van der Waals surface area contributed by atoms with E-state index in [9.17, 15) is 4.79 Å². The van der Waals surface area contributed by atoms with E-state index >= 15 is 0 Å². The Labute approximate surface area is 108 Å². The van der Waals surface area contributed by atoms with Gasteiger partial charge in [0.1, 0.15) is 5.75 Å². The minimum atomic E-state index is -0.229. The number of hydrogen-bond acceptors (Lipinski definition) is 4. The van der Waals surface area contributed by atoms with Gasteiger partial charge in [-0.3, -0.25) is 4.79 Å². The average Bonchev–Trinajstić information content (AvgIpc) is 2.38. The summed E-state index contributed by atoms with van der Waals surface area (Å²) in [5, 5.41) is 0. The van der Waals surface area contributed by atoms with E-state index in [-0.39, 0.29) is 12.0 Å². The van der Waals surface area contributed by atoms with Crippen molar-refractivity contribution in [3.63, 3.8) is 0 Å². The fraction of sp³-hybridized carbons (Fsp3) is 0.500. The van der Waals surface area contributed by atoms with E-state index in [4.69, 9.17) is 10.5 Å². The van der Waals surface area contributed by atoms with Crippen LogP contribution in [0.4, 0.5) is 0 Å². The van der Waals surface area contributed by atoms with E-state index in [1.54, 1.807) is 0 Å². The lowest BCUT2D eigenvalue weighted by atomic mass is 10.0. The van der Waals surface area contributed by atoms with Crippen LogP contribution in [0.5, 0.6) is 5.75 Å². The van der Waals surface area contributed by atoms with E-state index < -0.39 is 0 Å². The molecule has 0 aromatic heterocycles. The van der Waals surface area contributed by atoms with Crippen molar-refractivity contribution in [1.29, 1.82) is 0 Å². The fourth-order valence-electron chi connectivity index (χ4n) is 1.76. The van der Waals surface area contributed by atoms with Gasteiger partial charge in [0.2, 0.25) is 0 Å². The number of aryl methyl sites for hydroxylation is 1. The number of carbonyl (C=O) groups is 1. The number of rotatable bonds is 6. The number of ether oxygens (including phenoxy) is 2. The van der Waals surface area contributed by atoms with Gasteiger partial charge in [-0.05, 0) is 37.5 Å². The van der Waals surface area contributed by atoms with Gasteiger partial charge in [0.05, 0.1) is 13.7 Å². The van der Waals surface area contributed by atoms with Crippen LogP contribution in [0.15, 0.2) is 18.2 Å². The molecule has 4 nitrogen and oxygen atoms in total. The van der Waals surface area contributed by atoms with Gasteiger partial charge in [-0.15, -0.1) is 0 Å². The number of hydrogen-bond donors (Lipinski definition) is 1. The Morgan fingerprint density at radius 3 is 2.72 bits per heavy atom. The summed E-state index contributed by atoms with van der Waals surface area (Å²) in [6, 6.07) is 5.72. The van der Waals surface area contributed by atoms with E-state index in [0.717, 1.165) is 16.9 Å². The van der Waals surface area contributed by atoms with Gasteiger partial charge in [-0.2, -0.15) is 0 Å². The van der Waals surface area contributed by atoms with Crippen LogP contribution in [0.25, 0.3) is 0 Å². The van der Waals surface area contributed by atoms with Crippen molar-refractivity contribution >= 4 is 5.97 Å². The molecule has 0 radical (unpaired) electrons. The van der Waals surface area contributed by atoms with Crippen LogP contribution in [-0.2, 0) is 9.53 Å². The molecule has 0 saturated carbocycles. The van der Waals surface area contributed by atoms with Crippen molar-refractivity contribution < 1.29 is 14.3 Å². The van der Waals surface area contributed by atoms with Gasteiger partial charge >= 0.3 is 5.97 Å². The van der Waals surface area contributed by atoms with E-state index in [1.807, 2.05) is 32.0 Å². The molecule has 2 N–H and O–H groups in total. The summed E-state index contributed by atoms with van der Waals surface area (Å²) in [4.78, 5) is 11.1. The third-order valence-electron chi connectivity index (χ3n) is 2.81. The lowest BCUT2D eigenvalue weighted by molar-refractivity contribution is -0.140. The van der Waals surface area contributed by atoms with Crippen LogP contribution < -0.4 is 10.5 Å². The highest BCUT2D eigenvalue weighted by Gasteiger charge is 2.11. The molecule has 1 aromatic carbocycles. The molecule has 0 bridgehead atoms. The number of nitrogens with two attached hydrogens (primary N) is 1. The molecule has 0 amide bonds. The quantitative estimate of drug-likeness (QED) is 0.788. The Balaban J connectivity index is 2.66. The minimum Gasteiger partial charge on any atom is -0.494 e. The lowest BCUT2D eigenvalue weighted by Gasteiger charge is -2.14. The van der Waals surface area contributed by atoms with Crippen LogP contribution in [-0.4, -0.2) is 19.7 Å². The van der Waals surface area contributed by atoms with Crippen molar-refractivity contribution in [1.82, 2.24) is 0 Å². The zero-order chi connectivity index (χ0) is 13.5. The normalized spacial score (nSPS) is 12.0. The predicted molar refractivity (Wildman–Crippen MR) is 70.5 cm³/mol. The Hall–Kier alpha value is -1.55. The zero-order valence-corrected chi connectivity index (χ0v) is 11.2. The van der Waals surface area contributed by atoms with Crippen LogP contribution in [0.1, 0.15) is 36.9 Å². The smallest absolute Gasteiger partial charge is 0.305 e. The van der Waals surface area contributed by atoms with Crippen LogP contribution in [0, 0.1) is 6.92 Å².